The molecule has 0 unspecified atom stereocenters. The summed E-state index contributed by atoms with van der Waals surface area (Å²) in [6.07, 6.45) is 6.16. The van der Waals surface area contributed by atoms with Crippen LogP contribution in [-0.2, 0) is 26.1 Å². The van der Waals surface area contributed by atoms with E-state index < -0.39 is 0 Å². The maximum Gasteiger partial charge on any atom is 0.332 e. The number of imidazole rings is 1. The first-order chi connectivity index (χ1) is 23.0. The van der Waals surface area contributed by atoms with Gasteiger partial charge in [-0.05, 0) is 52.6 Å². The minimum absolute atomic E-state index is 0.210. The van der Waals surface area contributed by atoms with Crippen LogP contribution in [0, 0.1) is 5.92 Å². The summed E-state index contributed by atoms with van der Waals surface area (Å²) in [5.41, 5.74) is 5.57. The molecule has 1 aliphatic rings. The van der Waals surface area contributed by atoms with Crippen molar-refractivity contribution in [3.05, 3.63) is 117 Å². The van der Waals surface area contributed by atoms with E-state index in [4.69, 9.17) is 4.98 Å². The lowest BCUT2D eigenvalue weighted by Gasteiger charge is -2.22. The van der Waals surface area contributed by atoms with Crippen LogP contribution in [0.2, 0.25) is 0 Å². The Hall–Kier alpha value is -5.12. The molecule has 10 heteroatoms. The fourth-order valence-corrected chi connectivity index (χ4v) is 6.93. The molecule has 0 amide bonds. The van der Waals surface area contributed by atoms with E-state index in [-0.39, 0.29) is 23.1 Å². The summed E-state index contributed by atoms with van der Waals surface area (Å²) in [6.45, 7) is 5.48. The van der Waals surface area contributed by atoms with Crippen LogP contribution in [-0.4, -0.2) is 39.3 Å². The minimum atomic E-state index is -0.281. The highest BCUT2D eigenvalue weighted by molar-refractivity contribution is 5.80. The molecular weight excluding hydrogens is 588 g/mol. The van der Waals surface area contributed by atoms with Crippen LogP contribution in [0.25, 0.3) is 33.7 Å². The lowest BCUT2D eigenvalue weighted by molar-refractivity contribution is 0.419. The molecule has 0 spiro atoms. The molecule has 0 radical (unpaired) electrons. The van der Waals surface area contributed by atoms with E-state index in [1.807, 2.05) is 48.5 Å². The van der Waals surface area contributed by atoms with Gasteiger partial charge in [0.15, 0.2) is 11.2 Å². The van der Waals surface area contributed by atoms with E-state index in [2.05, 4.69) is 69.4 Å². The highest BCUT2D eigenvalue weighted by Crippen LogP contribution is 2.34. The fourth-order valence-electron chi connectivity index (χ4n) is 6.93. The summed E-state index contributed by atoms with van der Waals surface area (Å²) < 4.78 is 5.29. The molecule has 10 nitrogen and oxygen atoms in total. The first kappa shape index (κ1) is 30.5. The summed E-state index contributed by atoms with van der Waals surface area (Å²) in [6, 6.07) is 26.4. The Bertz CT molecular complexity index is 2090. The lowest BCUT2D eigenvalue weighted by atomic mass is 9.88. The van der Waals surface area contributed by atoms with Crippen molar-refractivity contribution in [2.45, 2.75) is 77.9 Å². The molecule has 0 atom stereocenters. The van der Waals surface area contributed by atoms with E-state index in [9.17, 15) is 9.59 Å². The Labute approximate surface area is 273 Å². The van der Waals surface area contributed by atoms with Crippen LogP contribution >= 0.6 is 0 Å². The van der Waals surface area contributed by atoms with E-state index >= 15 is 0 Å². The third kappa shape index (κ3) is 6.19. The minimum Gasteiger partial charge on any atom is -0.317 e. The third-order valence-corrected chi connectivity index (χ3v) is 9.25. The highest BCUT2D eigenvalue weighted by Gasteiger charge is 2.27. The Balaban J connectivity index is 1.33. The van der Waals surface area contributed by atoms with Gasteiger partial charge in [0.05, 0.1) is 0 Å². The van der Waals surface area contributed by atoms with Gasteiger partial charge in [-0.3, -0.25) is 13.9 Å². The van der Waals surface area contributed by atoms with Gasteiger partial charge in [-0.1, -0.05) is 112 Å². The standard InChI is InChI=1S/C37H40N8O2/c1-25(2)23-45-35-32(36(46)43(37(45)47)22-21-26-11-5-3-6-12-26)44(34(38-35)29-13-7-4-8-14-29)24-27-17-19-28(20-18-27)30-15-9-10-16-31(30)33-39-41-42-40-33/h3,5-6,9-12,15-20,25,29H,4,7-8,13-14,21-24H2,1-2H3,(H,39,40,41,42). The van der Waals surface area contributed by atoms with Crippen molar-refractivity contribution in [1.82, 2.24) is 39.3 Å². The monoisotopic (exact) mass is 628 g/mol. The van der Waals surface area contributed by atoms with Crippen LogP contribution in [0.4, 0.5) is 0 Å². The molecule has 1 fully saturated rings. The molecule has 3 aromatic heterocycles. The molecule has 1 aliphatic carbocycles. The van der Waals surface area contributed by atoms with Crippen LogP contribution in [0.1, 0.15) is 68.8 Å². The molecule has 3 heterocycles. The number of rotatable bonds is 10. The van der Waals surface area contributed by atoms with Gasteiger partial charge in [-0.2, -0.15) is 5.21 Å². The maximum atomic E-state index is 14.4. The number of nitrogens with zero attached hydrogens (tertiary/aromatic N) is 7. The number of aromatic nitrogens is 8. The molecule has 0 saturated heterocycles. The van der Waals surface area contributed by atoms with Gasteiger partial charge >= 0.3 is 5.69 Å². The summed E-state index contributed by atoms with van der Waals surface area (Å²) in [7, 11) is 0. The average molecular weight is 629 g/mol. The zero-order valence-electron chi connectivity index (χ0n) is 27.0. The maximum absolute atomic E-state index is 14.4. The molecule has 6 aromatic rings. The molecule has 0 aliphatic heterocycles. The van der Waals surface area contributed by atoms with Crippen molar-refractivity contribution in [2.24, 2.45) is 5.92 Å². The van der Waals surface area contributed by atoms with Gasteiger partial charge in [0.1, 0.15) is 5.82 Å². The van der Waals surface area contributed by atoms with E-state index in [1.54, 1.807) is 4.57 Å². The Morgan fingerprint density at radius 1 is 0.809 bits per heavy atom. The van der Waals surface area contributed by atoms with Crippen LogP contribution in [0.3, 0.4) is 0 Å². The number of H-pyrrole nitrogens is 1. The molecule has 3 aromatic carbocycles. The van der Waals surface area contributed by atoms with Crippen LogP contribution in [0.5, 0.6) is 0 Å². The third-order valence-electron chi connectivity index (χ3n) is 9.25. The second-order valence-corrected chi connectivity index (χ2v) is 13.0. The van der Waals surface area contributed by atoms with Gasteiger partial charge in [0, 0.05) is 31.1 Å². The van der Waals surface area contributed by atoms with E-state index in [1.165, 1.54) is 11.0 Å². The van der Waals surface area contributed by atoms with Gasteiger partial charge < -0.3 is 4.57 Å². The quantitative estimate of drug-likeness (QED) is 0.193. The Morgan fingerprint density at radius 3 is 2.23 bits per heavy atom. The first-order valence-corrected chi connectivity index (χ1v) is 16.7. The van der Waals surface area contributed by atoms with Gasteiger partial charge in [-0.25, -0.2) is 9.78 Å². The molecule has 47 heavy (non-hydrogen) atoms. The van der Waals surface area contributed by atoms with Crippen LogP contribution in [0.15, 0.2) is 88.5 Å². The zero-order valence-corrected chi connectivity index (χ0v) is 27.0. The summed E-state index contributed by atoms with van der Waals surface area (Å²) in [5, 5.41) is 14.6. The van der Waals surface area contributed by atoms with Crippen molar-refractivity contribution in [3.63, 3.8) is 0 Å². The molecule has 1 saturated carbocycles. The predicted octanol–water partition coefficient (Wildman–Crippen LogP) is 6.20. The first-order valence-electron chi connectivity index (χ1n) is 16.7. The van der Waals surface area contributed by atoms with Gasteiger partial charge in [0.25, 0.3) is 5.56 Å². The number of hydrogen-bond donors (Lipinski definition) is 1. The molecule has 240 valence electrons. The number of hydrogen-bond acceptors (Lipinski definition) is 6. The number of aryl methyl sites for hydroxylation is 1. The summed E-state index contributed by atoms with van der Waals surface area (Å²) >= 11 is 0. The normalized spacial score (nSPS) is 13.9. The number of tetrazole rings is 1. The SMILES string of the molecule is CC(C)Cn1c(=O)n(CCc2ccccc2)c(=O)c2c1nc(C1CCCCC1)n2Cc1ccc(-c2ccccc2-c2nn[nH]n2)cc1. The van der Waals surface area contributed by atoms with Gasteiger partial charge in [0.2, 0.25) is 5.82 Å². The Morgan fingerprint density at radius 2 is 1.53 bits per heavy atom. The highest BCUT2D eigenvalue weighted by atomic mass is 16.2. The Kier molecular flexibility index (Phi) is 8.65. The van der Waals surface area contributed by atoms with E-state index in [0.717, 1.165) is 59.3 Å². The average Bonchev–Trinajstić information content (AvgIpc) is 3.77. The number of fused-ring (bicyclic) bond motifs is 1. The van der Waals surface area contributed by atoms with E-state index in [0.29, 0.717) is 43.0 Å². The second kappa shape index (κ2) is 13.3. The summed E-state index contributed by atoms with van der Waals surface area (Å²) in [4.78, 5) is 33.5. The van der Waals surface area contributed by atoms with Crippen molar-refractivity contribution >= 4 is 11.2 Å². The number of nitrogens with one attached hydrogen (secondary N) is 1. The molecular formula is C37H40N8O2. The zero-order chi connectivity index (χ0) is 32.3. The van der Waals surface area contributed by atoms with Crippen molar-refractivity contribution in [2.75, 3.05) is 0 Å². The fraction of sp³-hybridized carbons (Fsp3) is 0.351. The van der Waals surface area contributed by atoms with Crippen molar-refractivity contribution in [1.29, 1.82) is 0 Å². The molecule has 7 rings (SSSR count). The summed E-state index contributed by atoms with van der Waals surface area (Å²) in [5.74, 6) is 1.92. The predicted molar refractivity (Wildman–Crippen MR) is 183 cm³/mol. The van der Waals surface area contributed by atoms with Crippen LogP contribution < -0.4 is 11.2 Å². The van der Waals surface area contributed by atoms with Gasteiger partial charge in [-0.15, -0.1) is 10.2 Å². The van der Waals surface area contributed by atoms with Crippen molar-refractivity contribution < 1.29 is 0 Å². The number of aromatic amines is 1. The van der Waals surface area contributed by atoms with Crippen molar-refractivity contribution in [3.8, 4) is 22.5 Å². The topological polar surface area (TPSA) is 116 Å². The molecule has 0 bridgehead atoms. The largest absolute Gasteiger partial charge is 0.332 e. The molecule has 1 N–H and O–H groups in total. The second-order valence-electron chi connectivity index (χ2n) is 13.0. The smallest absolute Gasteiger partial charge is 0.317 e. The number of benzene rings is 3. The lowest BCUT2D eigenvalue weighted by Crippen LogP contribution is -2.41.